The Balaban J connectivity index is 1.74. The minimum atomic E-state index is -0.116. The predicted molar refractivity (Wildman–Crippen MR) is 81.9 cm³/mol. The van der Waals surface area contributed by atoms with Crippen molar-refractivity contribution in [3.63, 3.8) is 0 Å². The third-order valence-corrected chi connectivity index (χ3v) is 6.41. The summed E-state index contributed by atoms with van der Waals surface area (Å²) in [7, 11) is 0. The highest BCUT2D eigenvalue weighted by Gasteiger charge is 2.56. The van der Waals surface area contributed by atoms with E-state index in [0.717, 1.165) is 45.1 Å². The number of carbonyl (C=O) groups excluding carboxylic acids is 1. The van der Waals surface area contributed by atoms with Crippen molar-refractivity contribution in [1.82, 2.24) is 0 Å². The first kappa shape index (κ1) is 15.5. The van der Waals surface area contributed by atoms with Gasteiger partial charge in [-0.1, -0.05) is 20.8 Å². The number of ketones is 1. The molecule has 1 aliphatic heterocycles. The third-order valence-electron chi connectivity index (χ3n) is 6.41. The van der Waals surface area contributed by atoms with Crippen LogP contribution in [0.3, 0.4) is 0 Å². The molecular weight excluding hydrogens is 264 g/mol. The molecule has 3 heteroatoms. The van der Waals surface area contributed by atoms with Gasteiger partial charge in [0.15, 0.2) is 6.29 Å². The first-order valence-corrected chi connectivity index (χ1v) is 8.75. The zero-order valence-corrected chi connectivity index (χ0v) is 13.8. The van der Waals surface area contributed by atoms with E-state index in [4.69, 9.17) is 9.47 Å². The summed E-state index contributed by atoms with van der Waals surface area (Å²) >= 11 is 0. The fourth-order valence-electron chi connectivity index (χ4n) is 5.04. The molecule has 3 aliphatic rings. The molecule has 120 valence electrons. The molecule has 0 aromatic carbocycles. The summed E-state index contributed by atoms with van der Waals surface area (Å²) in [5, 5.41) is 0. The largest absolute Gasteiger partial charge is 0.353 e. The van der Waals surface area contributed by atoms with Gasteiger partial charge in [0.05, 0.1) is 6.10 Å². The van der Waals surface area contributed by atoms with E-state index in [0.29, 0.717) is 11.7 Å². The Morgan fingerprint density at radius 3 is 2.62 bits per heavy atom. The van der Waals surface area contributed by atoms with Gasteiger partial charge in [-0.05, 0) is 56.3 Å². The Morgan fingerprint density at radius 2 is 1.90 bits per heavy atom. The van der Waals surface area contributed by atoms with E-state index in [2.05, 4.69) is 20.8 Å². The second-order valence-electron chi connectivity index (χ2n) is 8.07. The normalized spacial score (nSPS) is 43.4. The average molecular weight is 294 g/mol. The Morgan fingerprint density at radius 1 is 1.10 bits per heavy atom. The predicted octanol–water partition coefficient (Wildman–Crippen LogP) is 4.09. The Bertz CT molecular complexity index is 397. The SMILES string of the molecule is CC1(C)[C@@H](OC2CCCCO2)CC[C@]2(C)C(=O)CCC[C@@H]12. The molecule has 3 fully saturated rings. The van der Waals surface area contributed by atoms with Crippen LogP contribution in [0.25, 0.3) is 0 Å². The Labute approximate surface area is 128 Å². The lowest BCUT2D eigenvalue weighted by Gasteiger charge is -2.56. The topological polar surface area (TPSA) is 35.5 Å². The van der Waals surface area contributed by atoms with Gasteiger partial charge in [0.1, 0.15) is 5.78 Å². The maximum Gasteiger partial charge on any atom is 0.157 e. The van der Waals surface area contributed by atoms with Crippen LogP contribution in [0.4, 0.5) is 0 Å². The third kappa shape index (κ3) is 2.68. The van der Waals surface area contributed by atoms with Crippen LogP contribution in [0.2, 0.25) is 0 Å². The van der Waals surface area contributed by atoms with Crippen molar-refractivity contribution >= 4 is 5.78 Å². The van der Waals surface area contributed by atoms with E-state index in [1.165, 1.54) is 12.8 Å². The van der Waals surface area contributed by atoms with Crippen LogP contribution < -0.4 is 0 Å². The molecule has 1 heterocycles. The summed E-state index contributed by atoms with van der Waals surface area (Å²) in [6, 6.07) is 0. The highest BCUT2D eigenvalue weighted by atomic mass is 16.7. The standard InChI is InChI=1S/C18H30O3/c1-17(2)13-7-6-8-14(19)18(13,3)11-10-15(17)21-16-9-4-5-12-20-16/h13,15-16H,4-12H2,1-3H3/t13-,15-,16?,18-/m0/s1. The molecule has 0 radical (unpaired) electrons. The molecular formula is C18H30O3. The van der Waals surface area contributed by atoms with Gasteiger partial charge in [-0.15, -0.1) is 0 Å². The summed E-state index contributed by atoms with van der Waals surface area (Å²) in [6.45, 7) is 7.65. The highest BCUT2D eigenvalue weighted by Crippen LogP contribution is 2.57. The van der Waals surface area contributed by atoms with Gasteiger partial charge in [0.25, 0.3) is 0 Å². The quantitative estimate of drug-likeness (QED) is 0.719. The molecule has 0 bridgehead atoms. The zero-order chi connectivity index (χ0) is 15.1. The van der Waals surface area contributed by atoms with Crippen LogP contribution in [0.5, 0.6) is 0 Å². The van der Waals surface area contributed by atoms with Gasteiger partial charge in [-0.25, -0.2) is 0 Å². The molecule has 0 aromatic heterocycles. The Kier molecular flexibility index (Phi) is 4.17. The summed E-state index contributed by atoms with van der Waals surface area (Å²) < 4.78 is 12.1. The monoisotopic (exact) mass is 294 g/mol. The van der Waals surface area contributed by atoms with Crippen LogP contribution in [0.1, 0.15) is 72.1 Å². The number of hydrogen-bond acceptors (Lipinski definition) is 3. The molecule has 4 atom stereocenters. The van der Waals surface area contributed by atoms with Gasteiger partial charge in [0.2, 0.25) is 0 Å². The van der Waals surface area contributed by atoms with Crippen molar-refractivity contribution in [2.24, 2.45) is 16.7 Å². The van der Waals surface area contributed by atoms with Gasteiger partial charge < -0.3 is 9.47 Å². The van der Waals surface area contributed by atoms with Crippen molar-refractivity contribution < 1.29 is 14.3 Å². The number of ether oxygens (including phenoxy) is 2. The van der Waals surface area contributed by atoms with Crippen molar-refractivity contribution in [2.45, 2.75) is 84.5 Å². The fourth-order valence-corrected chi connectivity index (χ4v) is 5.04. The minimum Gasteiger partial charge on any atom is -0.353 e. The van der Waals surface area contributed by atoms with Crippen molar-refractivity contribution in [2.75, 3.05) is 6.61 Å². The summed E-state index contributed by atoms with van der Waals surface area (Å²) in [6.07, 6.45) is 8.56. The average Bonchev–Trinajstić information content (AvgIpc) is 2.46. The van der Waals surface area contributed by atoms with Gasteiger partial charge >= 0.3 is 0 Å². The number of rotatable bonds is 2. The zero-order valence-electron chi connectivity index (χ0n) is 13.8. The number of hydrogen-bond donors (Lipinski definition) is 0. The van der Waals surface area contributed by atoms with E-state index >= 15 is 0 Å². The summed E-state index contributed by atoms with van der Waals surface area (Å²) in [5.74, 6) is 0.938. The van der Waals surface area contributed by atoms with E-state index in [9.17, 15) is 4.79 Å². The van der Waals surface area contributed by atoms with E-state index < -0.39 is 0 Å². The number of carbonyl (C=O) groups is 1. The van der Waals surface area contributed by atoms with Crippen LogP contribution in [0.15, 0.2) is 0 Å². The molecule has 1 saturated heterocycles. The molecule has 0 amide bonds. The second kappa shape index (κ2) is 5.66. The van der Waals surface area contributed by atoms with E-state index in [1.54, 1.807) is 0 Å². The van der Waals surface area contributed by atoms with Crippen LogP contribution in [0, 0.1) is 16.7 Å². The minimum absolute atomic E-state index is 0.0216. The second-order valence-corrected chi connectivity index (χ2v) is 8.07. The molecule has 3 nitrogen and oxygen atoms in total. The molecule has 0 spiro atoms. The lowest BCUT2D eigenvalue weighted by molar-refractivity contribution is -0.235. The number of fused-ring (bicyclic) bond motifs is 1. The highest BCUT2D eigenvalue weighted by molar-refractivity contribution is 5.85. The summed E-state index contributed by atoms with van der Waals surface area (Å²) in [5.41, 5.74) is -0.0566. The summed E-state index contributed by atoms with van der Waals surface area (Å²) in [4.78, 5) is 12.5. The van der Waals surface area contributed by atoms with Crippen molar-refractivity contribution in [3.8, 4) is 0 Å². The first-order chi connectivity index (χ1) is 9.94. The molecule has 1 unspecified atom stereocenters. The lowest BCUT2D eigenvalue weighted by atomic mass is 9.50. The molecule has 0 aromatic rings. The van der Waals surface area contributed by atoms with Crippen molar-refractivity contribution in [1.29, 1.82) is 0 Å². The van der Waals surface area contributed by atoms with Gasteiger partial charge in [-0.3, -0.25) is 4.79 Å². The lowest BCUT2D eigenvalue weighted by Crippen LogP contribution is -2.56. The number of Topliss-reactive ketones (excluding diaryl/α,β-unsaturated/α-hetero) is 1. The van der Waals surface area contributed by atoms with Crippen LogP contribution in [-0.4, -0.2) is 24.8 Å². The molecule has 21 heavy (non-hydrogen) atoms. The first-order valence-electron chi connectivity index (χ1n) is 8.75. The van der Waals surface area contributed by atoms with E-state index in [1.807, 2.05) is 0 Å². The Hall–Kier alpha value is -0.410. The molecule has 3 rings (SSSR count). The van der Waals surface area contributed by atoms with Gasteiger partial charge in [-0.2, -0.15) is 0 Å². The fraction of sp³-hybridized carbons (Fsp3) is 0.944. The maximum absolute atomic E-state index is 12.5. The van der Waals surface area contributed by atoms with Gasteiger partial charge in [0, 0.05) is 18.4 Å². The van der Waals surface area contributed by atoms with Crippen molar-refractivity contribution in [3.05, 3.63) is 0 Å². The van der Waals surface area contributed by atoms with Crippen LogP contribution >= 0.6 is 0 Å². The molecule has 2 saturated carbocycles. The molecule has 0 N–H and O–H groups in total. The van der Waals surface area contributed by atoms with E-state index in [-0.39, 0.29) is 23.2 Å². The molecule has 2 aliphatic carbocycles. The van der Waals surface area contributed by atoms with Crippen LogP contribution in [-0.2, 0) is 14.3 Å². The maximum atomic E-state index is 12.5. The smallest absolute Gasteiger partial charge is 0.157 e.